The first kappa shape index (κ1) is 11.9. The monoisotopic (exact) mass is 211 g/mol. The van der Waals surface area contributed by atoms with Crippen molar-refractivity contribution >= 4 is 6.21 Å². The molecule has 4 nitrogen and oxygen atoms in total. The van der Waals surface area contributed by atoms with Gasteiger partial charge in [0.15, 0.2) is 6.29 Å². The molecule has 1 rings (SSSR count). The number of hydrogen-bond donors (Lipinski definition) is 0. The smallest absolute Gasteiger partial charge is 0.176 e. The minimum Gasteiger partial charge on any atom is -0.463 e. The lowest BCUT2D eigenvalue weighted by molar-refractivity contribution is -0.128. The topological polar surface area (TPSA) is 44.0 Å². The molecule has 0 radical (unpaired) electrons. The standard InChI is InChI=1S/C11H17NO3/c1-3-13-11(14-4-2)9-12-8-10-6-5-7-15-10/h5-8,11H,3-4,9H2,1-2H3. The Bertz CT molecular complexity index is 263. The van der Waals surface area contributed by atoms with Gasteiger partial charge < -0.3 is 13.9 Å². The molecule has 4 heteroatoms. The molecular formula is C11H17NO3. The summed E-state index contributed by atoms with van der Waals surface area (Å²) in [5, 5.41) is 0. The van der Waals surface area contributed by atoms with Crippen molar-refractivity contribution in [3.63, 3.8) is 0 Å². The molecule has 0 bridgehead atoms. The van der Waals surface area contributed by atoms with Gasteiger partial charge in [0.2, 0.25) is 0 Å². The molecular weight excluding hydrogens is 194 g/mol. The number of rotatable bonds is 7. The van der Waals surface area contributed by atoms with E-state index in [9.17, 15) is 0 Å². The summed E-state index contributed by atoms with van der Waals surface area (Å²) in [5.74, 6) is 0.738. The molecule has 0 N–H and O–H groups in total. The van der Waals surface area contributed by atoms with Crippen molar-refractivity contribution in [1.29, 1.82) is 0 Å². The predicted molar refractivity (Wildman–Crippen MR) is 58.2 cm³/mol. The van der Waals surface area contributed by atoms with Crippen LogP contribution in [0.5, 0.6) is 0 Å². The van der Waals surface area contributed by atoms with Crippen molar-refractivity contribution in [3.05, 3.63) is 24.2 Å². The zero-order valence-corrected chi connectivity index (χ0v) is 9.18. The second-order valence-corrected chi connectivity index (χ2v) is 2.85. The first-order valence-corrected chi connectivity index (χ1v) is 5.13. The average Bonchev–Trinajstić information content (AvgIpc) is 2.71. The minimum atomic E-state index is -0.258. The number of aliphatic imine (C=N–C) groups is 1. The normalized spacial score (nSPS) is 11.7. The molecule has 1 aromatic heterocycles. The Labute approximate surface area is 89.9 Å². The lowest BCUT2D eigenvalue weighted by Crippen LogP contribution is -2.20. The Kier molecular flexibility index (Phi) is 5.73. The largest absolute Gasteiger partial charge is 0.463 e. The van der Waals surface area contributed by atoms with E-state index in [2.05, 4.69) is 4.99 Å². The molecule has 84 valence electrons. The van der Waals surface area contributed by atoms with E-state index in [1.807, 2.05) is 26.0 Å². The highest BCUT2D eigenvalue weighted by atomic mass is 16.7. The summed E-state index contributed by atoms with van der Waals surface area (Å²) in [6.07, 6.45) is 3.03. The first-order chi connectivity index (χ1) is 7.36. The van der Waals surface area contributed by atoms with Crippen LogP contribution in [0, 0.1) is 0 Å². The molecule has 0 aliphatic carbocycles. The van der Waals surface area contributed by atoms with E-state index in [-0.39, 0.29) is 6.29 Å². The van der Waals surface area contributed by atoms with Gasteiger partial charge in [0.25, 0.3) is 0 Å². The molecule has 15 heavy (non-hydrogen) atoms. The number of hydrogen-bond acceptors (Lipinski definition) is 4. The van der Waals surface area contributed by atoms with Crippen LogP contribution in [0.25, 0.3) is 0 Å². The summed E-state index contributed by atoms with van der Waals surface area (Å²) in [7, 11) is 0. The highest BCUT2D eigenvalue weighted by Gasteiger charge is 2.05. The molecule has 1 heterocycles. The number of ether oxygens (including phenoxy) is 2. The van der Waals surface area contributed by atoms with E-state index in [1.54, 1.807) is 12.5 Å². The summed E-state index contributed by atoms with van der Waals surface area (Å²) in [4.78, 5) is 4.18. The van der Waals surface area contributed by atoms with Crippen molar-refractivity contribution < 1.29 is 13.9 Å². The second kappa shape index (κ2) is 7.20. The third-order valence-electron chi connectivity index (χ3n) is 1.72. The highest BCUT2D eigenvalue weighted by molar-refractivity contribution is 5.75. The second-order valence-electron chi connectivity index (χ2n) is 2.85. The zero-order valence-electron chi connectivity index (χ0n) is 9.18. The SMILES string of the molecule is CCOC(CN=Cc1ccco1)OCC. The van der Waals surface area contributed by atoms with Gasteiger partial charge in [-0.15, -0.1) is 0 Å². The van der Waals surface area contributed by atoms with Crippen LogP contribution in [0.15, 0.2) is 27.8 Å². The van der Waals surface area contributed by atoms with Crippen LogP contribution in [0.4, 0.5) is 0 Å². The molecule has 0 atom stereocenters. The van der Waals surface area contributed by atoms with Crippen LogP contribution in [0.1, 0.15) is 19.6 Å². The molecule has 1 aromatic rings. The minimum absolute atomic E-state index is 0.258. The van der Waals surface area contributed by atoms with Gasteiger partial charge >= 0.3 is 0 Å². The van der Waals surface area contributed by atoms with Crippen molar-refractivity contribution in [2.24, 2.45) is 4.99 Å². The van der Waals surface area contributed by atoms with E-state index in [1.165, 1.54) is 0 Å². The Morgan fingerprint density at radius 1 is 1.40 bits per heavy atom. The van der Waals surface area contributed by atoms with E-state index < -0.39 is 0 Å². The summed E-state index contributed by atoms with van der Waals surface area (Å²) >= 11 is 0. The molecule has 0 aliphatic heterocycles. The van der Waals surface area contributed by atoms with Crippen LogP contribution in [-0.4, -0.2) is 32.3 Å². The molecule has 0 saturated carbocycles. The van der Waals surface area contributed by atoms with Crippen LogP contribution < -0.4 is 0 Å². The van der Waals surface area contributed by atoms with Crippen LogP contribution in [0.2, 0.25) is 0 Å². The molecule has 0 aromatic carbocycles. The van der Waals surface area contributed by atoms with Gasteiger partial charge in [0, 0.05) is 13.2 Å². The van der Waals surface area contributed by atoms with Gasteiger partial charge in [0.1, 0.15) is 5.76 Å². The van der Waals surface area contributed by atoms with E-state index in [0.717, 1.165) is 5.76 Å². The fourth-order valence-corrected chi connectivity index (χ4v) is 1.12. The van der Waals surface area contributed by atoms with Gasteiger partial charge in [-0.25, -0.2) is 0 Å². The van der Waals surface area contributed by atoms with Gasteiger partial charge in [0.05, 0.1) is 19.0 Å². The van der Waals surface area contributed by atoms with Crippen LogP contribution in [-0.2, 0) is 9.47 Å². The lowest BCUT2D eigenvalue weighted by atomic mass is 10.5. The summed E-state index contributed by atoms with van der Waals surface area (Å²) in [6.45, 7) is 5.61. The Balaban J connectivity index is 2.32. The van der Waals surface area contributed by atoms with Gasteiger partial charge in [-0.2, -0.15) is 0 Å². The van der Waals surface area contributed by atoms with Gasteiger partial charge in [-0.1, -0.05) is 0 Å². The first-order valence-electron chi connectivity index (χ1n) is 5.13. The maximum atomic E-state index is 5.34. The Hall–Kier alpha value is -1.13. The fourth-order valence-electron chi connectivity index (χ4n) is 1.12. The maximum absolute atomic E-state index is 5.34. The van der Waals surface area contributed by atoms with Crippen LogP contribution >= 0.6 is 0 Å². The van der Waals surface area contributed by atoms with Crippen molar-refractivity contribution in [1.82, 2.24) is 0 Å². The number of nitrogens with zero attached hydrogens (tertiary/aromatic N) is 1. The van der Waals surface area contributed by atoms with Crippen molar-refractivity contribution in [3.8, 4) is 0 Å². The van der Waals surface area contributed by atoms with E-state index in [0.29, 0.717) is 19.8 Å². The van der Waals surface area contributed by atoms with Crippen molar-refractivity contribution in [2.75, 3.05) is 19.8 Å². The lowest BCUT2D eigenvalue weighted by Gasteiger charge is -2.13. The third-order valence-corrected chi connectivity index (χ3v) is 1.72. The van der Waals surface area contributed by atoms with Crippen molar-refractivity contribution in [2.45, 2.75) is 20.1 Å². The molecule has 0 amide bonds. The van der Waals surface area contributed by atoms with Gasteiger partial charge in [-0.3, -0.25) is 4.99 Å². The molecule has 0 saturated heterocycles. The zero-order chi connectivity index (χ0) is 10.9. The fraction of sp³-hybridized carbons (Fsp3) is 0.545. The predicted octanol–water partition coefficient (Wildman–Crippen LogP) is 2.10. The quantitative estimate of drug-likeness (QED) is 0.512. The summed E-state index contributed by atoms with van der Waals surface area (Å²) in [6, 6.07) is 3.67. The third kappa shape index (κ3) is 4.76. The molecule has 0 fully saturated rings. The Morgan fingerprint density at radius 3 is 2.67 bits per heavy atom. The highest BCUT2D eigenvalue weighted by Crippen LogP contribution is 1.98. The maximum Gasteiger partial charge on any atom is 0.176 e. The van der Waals surface area contributed by atoms with E-state index in [4.69, 9.17) is 13.9 Å². The average molecular weight is 211 g/mol. The summed E-state index contributed by atoms with van der Waals surface area (Å²) < 4.78 is 15.8. The molecule has 0 unspecified atom stereocenters. The van der Waals surface area contributed by atoms with Crippen LogP contribution in [0.3, 0.4) is 0 Å². The number of furan rings is 1. The van der Waals surface area contributed by atoms with Gasteiger partial charge in [-0.05, 0) is 26.0 Å². The Morgan fingerprint density at radius 2 is 2.13 bits per heavy atom. The summed E-state index contributed by atoms with van der Waals surface area (Å²) in [5.41, 5.74) is 0. The van der Waals surface area contributed by atoms with E-state index >= 15 is 0 Å². The molecule has 0 aliphatic rings. The molecule has 0 spiro atoms.